The summed E-state index contributed by atoms with van der Waals surface area (Å²) in [6, 6.07) is 6.47. The monoisotopic (exact) mass is 309 g/mol. The molecule has 18 heavy (non-hydrogen) atoms. The molecule has 0 spiro atoms. The molecule has 1 fully saturated rings. The predicted octanol–water partition coefficient (Wildman–Crippen LogP) is 5.53. The van der Waals surface area contributed by atoms with Gasteiger partial charge in [-0.3, -0.25) is 0 Å². The van der Waals surface area contributed by atoms with Crippen LogP contribution in [-0.2, 0) is 0 Å². The second-order valence-corrected chi connectivity index (χ2v) is 6.47. The van der Waals surface area contributed by atoms with Gasteiger partial charge in [0.2, 0.25) is 0 Å². The molecule has 2 heteroatoms. The van der Waals surface area contributed by atoms with Crippen molar-refractivity contribution in [3.8, 4) is 0 Å². The van der Waals surface area contributed by atoms with Gasteiger partial charge in [0, 0.05) is 16.7 Å². The van der Waals surface area contributed by atoms with Crippen LogP contribution in [-0.4, -0.2) is 6.54 Å². The number of benzene rings is 1. The fraction of sp³-hybridized carbons (Fsp3) is 0.625. The van der Waals surface area contributed by atoms with Crippen molar-refractivity contribution in [1.29, 1.82) is 0 Å². The van der Waals surface area contributed by atoms with Crippen molar-refractivity contribution in [2.75, 3.05) is 11.9 Å². The van der Waals surface area contributed by atoms with E-state index in [9.17, 15) is 0 Å². The summed E-state index contributed by atoms with van der Waals surface area (Å²) in [5, 5.41) is 3.64. The van der Waals surface area contributed by atoms with Crippen molar-refractivity contribution in [2.24, 2.45) is 5.92 Å². The Morgan fingerprint density at radius 1 is 1.11 bits per heavy atom. The zero-order chi connectivity index (χ0) is 12.8. The van der Waals surface area contributed by atoms with Crippen LogP contribution in [0.15, 0.2) is 22.7 Å². The van der Waals surface area contributed by atoms with Crippen LogP contribution in [0, 0.1) is 12.8 Å². The molecule has 1 aromatic carbocycles. The number of aryl methyl sites for hydroxylation is 1. The van der Waals surface area contributed by atoms with Gasteiger partial charge in [0.1, 0.15) is 0 Å². The van der Waals surface area contributed by atoms with Crippen LogP contribution in [0.2, 0.25) is 0 Å². The molecule has 1 N–H and O–H groups in total. The molecular formula is C16H24BrN. The van der Waals surface area contributed by atoms with Crippen LogP contribution < -0.4 is 5.32 Å². The molecule has 1 nitrogen and oxygen atoms in total. The van der Waals surface area contributed by atoms with Gasteiger partial charge in [-0.25, -0.2) is 0 Å². The Balaban J connectivity index is 1.87. The first-order chi connectivity index (χ1) is 8.75. The number of halogens is 1. The fourth-order valence-corrected chi connectivity index (χ4v) is 3.14. The minimum Gasteiger partial charge on any atom is -0.385 e. The first-order valence-corrected chi connectivity index (χ1v) is 8.05. The molecule has 1 aliphatic rings. The van der Waals surface area contributed by atoms with Gasteiger partial charge in [-0.15, -0.1) is 0 Å². The maximum absolute atomic E-state index is 3.64. The van der Waals surface area contributed by atoms with Gasteiger partial charge in [-0.2, -0.15) is 0 Å². The van der Waals surface area contributed by atoms with E-state index in [2.05, 4.69) is 46.4 Å². The second-order valence-electron chi connectivity index (χ2n) is 5.55. The van der Waals surface area contributed by atoms with E-state index in [1.54, 1.807) is 0 Å². The molecule has 1 aromatic rings. The number of nitrogens with one attached hydrogen (secondary N) is 1. The van der Waals surface area contributed by atoms with Gasteiger partial charge in [-0.1, -0.05) is 54.1 Å². The Morgan fingerprint density at radius 2 is 1.78 bits per heavy atom. The largest absolute Gasteiger partial charge is 0.385 e. The van der Waals surface area contributed by atoms with Gasteiger partial charge in [-0.05, 0) is 43.4 Å². The first kappa shape index (κ1) is 13.9. The zero-order valence-electron chi connectivity index (χ0n) is 11.3. The number of hydrogen-bond donors (Lipinski definition) is 1. The molecule has 0 bridgehead atoms. The summed E-state index contributed by atoms with van der Waals surface area (Å²) in [6.45, 7) is 3.31. The molecule has 0 saturated heterocycles. The predicted molar refractivity (Wildman–Crippen MR) is 83.2 cm³/mol. The normalized spacial score (nSPS) is 18.1. The average Bonchev–Trinajstić information content (AvgIpc) is 2.32. The average molecular weight is 310 g/mol. The third kappa shape index (κ3) is 4.31. The topological polar surface area (TPSA) is 12.0 Å². The molecule has 2 rings (SSSR count). The van der Waals surface area contributed by atoms with E-state index in [0.29, 0.717) is 0 Å². The van der Waals surface area contributed by atoms with Gasteiger partial charge in [0.15, 0.2) is 0 Å². The van der Waals surface area contributed by atoms with Crippen LogP contribution in [0.1, 0.15) is 50.5 Å². The Hall–Kier alpha value is -0.500. The van der Waals surface area contributed by atoms with E-state index in [1.165, 1.54) is 56.2 Å². The van der Waals surface area contributed by atoms with Crippen LogP contribution in [0.5, 0.6) is 0 Å². The Morgan fingerprint density at radius 3 is 2.50 bits per heavy atom. The van der Waals surface area contributed by atoms with Crippen LogP contribution >= 0.6 is 15.9 Å². The highest BCUT2D eigenvalue weighted by Crippen LogP contribution is 2.25. The fourth-order valence-electron chi connectivity index (χ4n) is 2.78. The lowest BCUT2D eigenvalue weighted by Gasteiger charge is -2.21. The molecule has 1 saturated carbocycles. The standard InChI is InChI=1S/C16H24BrN/c1-13-9-10-15(17)11-16(13)18-12-14-7-5-3-2-4-6-8-14/h9-11,14,18H,2-8,12H2,1H3. The molecule has 100 valence electrons. The summed E-state index contributed by atoms with van der Waals surface area (Å²) in [4.78, 5) is 0. The number of hydrogen-bond acceptors (Lipinski definition) is 1. The molecule has 0 heterocycles. The van der Waals surface area contributed by atoms with E-state index in [1.807, 2.05) is 0 Å². The van der Waals surface area contributed by atoms with Gasteiger partial charge < -0.3 is 5.32 Å². The SMILES string of the molecule is Cc1ccc(Br)cc1NCC1CCCCCCC1. The Kier molecular flexibility index (Phi) is 5.55. The van der Waals surface area contributed by atoms with E-state index < -0.39 is 0 Å². The van der Waals surface area contributed by atoms with Crippen molar-refractivity contribution in [2.45, 2.75) is 51.9 Å². The zero-order valence-corrected chi connectivity index (χ0v) is 12.9. The van der Waals surface area contributed by atoms with Crippen LogP contribution in [0.4, 0.5) is 5.69 Å². The molecule has 0 aromatic heterocycles. The highest BCUT2D eigenvalue weighted by Gasteiger charge is 2.11. The summed E-state index contributed by atoms with van der Waals surface area (Å²) < 4.78 is 1.16. The molecule has 0 radical (unpaired) electrons. The van der Waals surface area contributed by atoms with Crippen molar-refractivity contribution in [3.63, 3.8) is 0 Å². The Bertz CT molecular complexity index is 367. The van der Waals surface area contributed by atoms with Gasteiger partial charge >= 0.3 is 0 Å². The van der Waals surface area contributed by atoms with Crippen LogP contribution in [0.3, 0.4) is 0 Å². The van der Waals surface area contributed by atoms with Crippen molar-refractivity contribution in [1.82, 2.24) is 0 Å². The van der Waals surface area contributed by atoms with E-state index in [0.717, 1.165) is 16.9 Å². The highest BCUT2D eigenvalue weighted by atomic mass is 79.9. The van der Waals surface area contributed by atoms with Crippen molar-refractivity contribution in [3.05, 3.63) is 28.2 Å². The van der Waals surface area contributed by atoms with Gasteiger partial charge in [0.25, 0.3) is 0 Å². The summed E-state index contributed by atoms with van der Waals surface area (Å²) in [5.74, 6) is 0.865. The number of rotatable bonds is 3. The van der Waals surface area contributed by atoms with E-state index in [-0.39, 0.29) is 0 Å². The minimum atomic E-state index is 0.865. The Labute approximate surface area is 119 Å². The highest BCUT2D eigenvalue weighted by molar-refractivity contribution is 9.10. The molecule has 0 aliphatic heterocycles. The van der Waals surface area contributed by atoms with E-state index >= 15 is 0 Å². The maximum atomic E-state index is 3.64. The molecule has 0 amide bonds. The lowest BCUT2D eigenvalue weighted by atomic mass is 9.91. The third-order valence-corrected chi connectivity index (χ3v) is 4.50. The lowest BCUT2D eigenvalue weighted by Crippen LogP contribution is -2.16. The van der Waals surface area contributed by atoms with Crippen molar-refractivity contribution < 1.29 is 0 Å². The summed E-state index contributed by atoms with van der Waals surface area (Å²) in [5.41, 5.74) is 2.62. The smallest absolute Gasteiger partial charge is 0.0381 e. The molecular weight excluding hydrogens is 286 g/mol. The summed E-state index contributed by atoms with van der Waals surface area (Å²) in [7, 11) is 0. The lowest BCUT2D eigenvalue weighted by molar-refractivity contribution is 0.392. The molecule has 1 aliphatic carbocycles. The van der Waals surface area contributed by atoms with Crippen molar-refractivity contribution >= 4 is 21.6 Å². The quantitative estimate of drug-likeness (QED) is 0.774. The molecule has 0 unspecified atom stereocenters. The maximum Gasteiger partial charge on any atom is 0.0381 e. The third-order valence-electron chi connectivity index (χ3n) is 4.01. The van der Waals surface area contributed by atoms with Gasteiger partial charge in [0.05, 0.1) is 0 Å². The number of anilines is 1. The first-order valence-electron chi connectivity index (χ1n) is 7.26. The minimum absolute atomic E-state index is 0.865. The molecule has 0 atom stereocenters. The summed E-state index contributed by atoms with van der Waals surface area (Å²) >= 11 is 3.55. The van der Waals surface area contributed by atoms with E-state index in [4.69, 9.17) is 0 Å². The van der Waals surface area contributed by atoms with Crippen LogP contribution in [0.25, 0.3) is 0 Å². The second kappa shape index (κ2) is 7.18. The summed E-state index contributed by atoms with van der Waals surface area (Å²) in [6.07, 6.45) is 9.97.